The summed E-state index contributed by atoms with van der Waals surface area (Å²) in [4.78, 5) is 12.6. The van der Waals surface area contributed by atoms with Gasteiger partial charge in [0, 0.05) is 6.42 Å². The number of esters is 1. The smallest absolute Gasteiger partial charge is 0.338 e. The topological polar surface area (TPSA) is 74.2 Å². The average molecular weight is 398 g/mol. The lowest BCUT2D eigenvalue weighted by atomic mass is 9.79. The highest BCUT2D eigenvalue weighted by atomic mass is 16.7. The van der Waals surface area contributed by atoms with E-state index in [-0.39, 0.29) is 6.61 Å². The summed E-state index contributed by atoms with van der Waals surface area (Å²) in [5.41, 5.74) is 1.49. The molecular formula is C23H26O6. The summed E-state index contributed by atoms with van der Waals surface area (Å²) < 4.78 is 23.6. The molecule has 2 aromatic carbocycles. The van der Waals surface area contributed by atoms with E-state index in [1.165, 1.54) is 0 Å². The van der Waals surface area contributed by atoms with Crippen LogP contribution in [0.4, 0.5) is 0 Å². The molecule has 2 aromatic rings. The molecule has 1 aliphatic carbocycles. The van der Waals surface area contributed by atoms with E-state index in [2.05, 4.69) is 0 Å². The molecule has 1 saturated carbocycles. The fourth-order valence-corrected chi connectivity index (χ4v) is 4.07. The van der Waals surface area contributed by atoms with Gasteiger partial charge >= 0.3 is 5.97 Å². The lowest BCUT2D eigenvalue weighted by Crippen LogP contribution is -2.57. The second kappa shape index (κ2) is 9.05. The first-order valence-electron chi connectivity index (χ1n) is 10.0. The molecular weight excluding hydrogens is 372 g/mol. The Labute approximate surface area is 170 Å². The zero-order chi connectivity index (χ0) is 20.1. The molecule has 0 unspecified atom stereocenters. The number of carbonyl (C=O) groups excluding carboxylic acids is 1. The molecule has 0 radical (unpaired) electrons. The van der Waals surface area contributed by atoms with E-state index in [1.807, 2.05) is 36.4 Å². The number of aliphatic hydroxyl groups is 1. The standard InChI is InChI=1S/C23H26O6/c24-20-11-12-23(27-13-14-28-23)19(16-26-15-17-7-3-1-4-8-17)21(20)29-22(25)18-9-5-2-6-10-18/h1-10,19-21,24H,11-16H2/t19-,20+,21-/m0/s1. The van der Waals surface area contributed by atoms with Crippen LogP contribution < -0.4 is 0 Å². The third-order valence-corrected chi connectivity index (χ3v) is 5.57. The first-order chi connectivity index (χ1) is 14.2. The van der Waals surface area contributed by atoms with Crippen LogP contribution in [-0.4, -0.2) is 48.9 Å². The average Bonchev–Trinajstić information content (AvgIpc) is 3.23. The van der Waals surface area contributed by atoms with E-state index in [9.17, 15) is 9.90 Å². The van der Waals surface area contributed by atoms with Crippen molar-refractivity contribution in [2.24, 2.45) is 5.92 Å². The van der Waals surface area contributed by atoms with Gasteiger partial charge in [0.15, 0.2) is 5.79 Å². The minimum absolute atomic E-state index is 0.249. The van der Waals surface area contributed by atoms with Crippen LogP contribution >= 0.6 is 0 Å². The zero-order valence-electron chi connectivity index (χ0n) is 16.2. The largest absolute Gasteiger partial charge is 0.455 e. The lowest BCUT2D eigenvalue weighted by molar-refractivity contribution is -0.263. The summed E-state index contributed by atoms with van der Waals surface area (Å²) in [6.07, 6.45) is -0.605. The number of benzene rings is 2. The molecule has 6 nitrogen and oxygen atoms in total. The van der Waals surface area contributed by atoms with Crippen molar-refractivity contribution in [2.45, 2.75) is 37.4 Å². The highest BCUT2D eigenvalue weighted by Gasteiger charge is 2.54. The summed E-state index contributed by atoms with van der Waals surface area (Å²) in [6, 6.07) is 18.6. The van der Waals surface area contributed by atoms with Gasteiger partial charge < -0.3 is 24.1 Å². The second-order valence-corrected chi connectivity index (χ2v) is 7.46. The van der Waals surface area contributed by atoms with Crippen molar-refractivity contribution in [1.29, 1.82) is 0 Å². The first kappa shape index (κ1) is 20.0. The highest BCUT2D eigenvalue weighted by Crippen LogP contribution is 2.42. The van der Waals surface area contributed by atoms with E-state index in [1.54, 1.807) is 24.3 Å². The van der Waals surface area contributed by atoms with Gasteiger partial charge in [0.25, 0.3) is 0 Å². The van der Waals surface area contributed by atoms with Crippen LogP contribution in [0.25, 0.3) is 0 Å². The molecule has 2 aliphatic rings. The Morgan fingerprint density at radius 1 is 1.03 bits per heavy atom. The number of hydrogen-bond donors (Lipinski definition) is 1. The van der Waals surface area contributed by atoms with Gasteiger partial charge in [0.05, 0.1) is 44.0 Å². The van der Waals surface area contributed by atoms with Gasteiger partial charge in [-0.2, -0.15) is 0 Å². The molecule has 1 N–H and O–H groups in total. The van der Waals surface area contributed by atoms with Gasteiger partial charge in [-0.3, -0.25) is 0 Å². The second-order valence-electron chi connectivity index (χ2n) is 7.46. The Balaban J connectivity index is 1.50. The molecule has 154 valence electrons. The van der Waals surface area contributed by atoms with Gasteiger partial charge in [-0.05, 0) is 24.1 Å². The van der Waals surface area contributed by atoms with Crippen LogP contribution in [0.5, 0.6) is 0 Å². The Morgan fingerprint density at radius 2 is 1.69 bits per heavy atom. The first-order valence-corrected chi connectivity index (χ1v) is 10.0. The van der Waals surface area contributed by atoms with Gasteiger partial charge in [-0.1, -0.05) is 48.5 Å². The van der Waals surface area contributed by atoms with Crippen molar-refractivity contribution in [3.8, 4) is 0 Å². The fourth-order valence-electron chi connectivity index (χ4n) is 4.07. The van der Waals surface area contributed by atoms with Gasteiger partial charge in [-0.25, -0.2) is 4.79 Å². The Kier molecular flexibility index (Phi) is 6.25. The van der Waals surface area contributed by atoms with Crippen molar-refractivity contribution < 1.29 is 28.8 Å². The Bertz CT molecular complexity index is 788. The van der Waals surface area contributed by atoms with Crippen LogP contribution in [0, 0.1) is 5.92 Å². The number of carbonyl (C=O) groups is 1. The maximum Gasteiger partial charge on any atom is 0.338 e. The summed E-state index contributed by atoms with van der Waals surface area (Å²) in [5.74, 6) is -1.79. The molecule has 1 saturated heterocycles. The van der Waals surface area contributed by atoms with Gasteiger partial charge in [0.1, 0.15) is 6.10 Å². The molecule has 4 rings (SSSR count). The van der Waals surface area contributed by atoms with Crippen LogP contribution in [0.3, 0.4) is 0 Å². The highest BCUT2D eigenvalue weighted by molar-refractivity contribution is 5.89. The van der Waals surface area contributed by atoms with Crippen LogP contribution in [0.15, 0.2) is 60.7 Å². The Morgan fingerprint density at radius 3 is 2.38 bits per heavy atom. The van der Waals surface area contributed by atoms with Crippen LogP contribution in [-0.2, 0) is 25.6 Å². The zero-order valence-corrected chi connectivity index (χ0v) is 16.2. The van der Waals surface area contributed by atoms with Crippen molar-refractivity contribution in [2.75, 3.05) is 19.8 Å². The molecule has 1 spiro atoms. The van der Waals surface area contributed by atoms with Crippen molar-refractivity contribution >= 4 is 5.97 Å². The van der Waals surface area contributed by atoms with E-state index >= 15 is 0 Å². The molecule has 0 bridgehead atoms. The summed E-state index contributed by atoms with van der Waals surface area (Å²) in [6.45, 7) is 1.62. The van der Waals surface area contributed by atoms with Crippen LogP contribution in [0.2, 0.25) is 0 Å². The SMILES string of the molecule is O=C(O[C@@H]1[C@H](O)CCC2(OCCO2)[C@H]1COCc1ccccc1)c1ccccc1. The maximum absolute atomic E-state index is 12.6. The third-order valence-electron chi connectivity index (χ3n) is 5.57. The van der Waals surface area contributed by atoms with Crippen molar-refractivity contribution in [3.05, 3.63) is 71.8 Å². The molecule has 3 atom stereocenters. The molecule has 1 aliphatic heterocycles. The van der Waals surface area contributed by atoms with Gasteiger partial charge in [0.2, 0.25) is 0 Å². The molecule has 2 fully saturated rings. The van der Waals surface area contributed by atoms with Crippen molar-refractivity contribution in [3.63, 3.8) is 0 Å². The molecule has 29 heavy (non-hydrogen) atoms. The predicted octanol–water partition coefficient (Wildman–Crippen LogP) is 2.94. The molecule has 0 aromatic heterocycles. The van der Waals surface area contributed by atoms with E-state index in [0.29, 0.717) is 38.2 Å². The quantitative estimate of drug-likeness (QED) is 0.755. The monoisotopic (exact) mass is 398 g/mol. The summed E-state index contributed by atoms with van der Waals surface area (Å²) in [5, 5.41) is 10.7. The minimum atomic E-state index is -0.891. The summed E-state index contributed by atoms with van der Waals surface area (Å²) in [7, 11) is 0. The third kappa shape index (κ3) is 4.51. The van der Waals surface area contributed by atoms with E-state index in [4.69, 9.17) is 18.9 Å². The number of hydrogen-bond acceptors (Lipinski definition) is 6. The fraction of sp³-hybridized carbons (Fsp3) is 0.435. The Hall–Kier alpha value is -2.25. The molecule has 6 heteroatoms. The number of rotatable bonds is 6. The van der Waals surface area contributed by atoms with E-state index in [0.717, 1.165) is 5.56 Å². The lowest BCUT2D eigenvalue weighted by Gasteiger charge is -2.45. The minimum Gasteiger partial charge on any atom is -0.455 e. The molecule has 0 amide bonds. The summed E-state index contributed by atoms with van der Waals surface area (Å²) >= 11 is 0. The predicted molar refractivity (Wildman–Crippen MR) is 105 cm³/mol. The van der Waals surface area contributed by atoms with Gasteiger partial charge in [-0.15, -0.1) is 0 Å². The van der Waals surface area contributed by atoms with E-state index < -0.39 is 29.9 Å². The number of aliphatic hydroxyl groups excluding tert-OH is 1. The maximum atomic E-state index is 12.6. The van der Waals surface area contributed by atoms with Crippen LogP contribution in [0.1, 0.15) is 28.8 Å². The normalized spacial score (nSPS) is 25.8. The van der Waals surface area contributed by atoms with Crippen molar-refractivity contribution in [1.82, 2.24) is 0 Å². The molecule has 1 heterocycles. The number of ether oxygens (including phenoxy) is 4.